The van der Waals surface area contributed by atoms with Crippen molar-refractivity contribution in [1.29, 1.82) is 0 Å². The monoisotopic (exact) mass is 271 g/mol. The molecule has 1 aromatic rings. The van der Waals surface area contributed by atoms with Gasteiger partial charge in [0.15, 0.2) is 0 Å². The second-order valence-corrected chi connectivity index (χ2v) is 5.27. The lowest BCUT2D eigenvalue weighted by Crippen LogP contribution is -2.39. The van der Waals surface area contributed by atoms with E-state index in [1.165, 1.54) is 38.3 Å². The van der Waals surface area contributed by atoms with E-state index in [4.69, 9.17) is 0 Å². The molecular weight excluding hydrogens is 258 g/mol. The number of rotatable bonds is 5. The number of esters is 1. The summed E-state index contributed by atoms with van der Waals surface area (Å²) in [4.78, 5) is 21.5. The molecule has 0 saturated carbocycles. The summed E-state index contributed by atoms with van der Waals surface area (Å²) < 4.78 is 30.3. The van der Waals surface area contributed by atoms with E-state index in [0.29, 0.717) is 11.8 Å². The molecule has 1 N–H and O–H groups in total. The van der Waals surface area contributed by atoms with Crippen molar-refractivity contribution in [1.82, 2.24) is 4.72 Å². The lowest BCUT2D eigenvalue weighted by atomic mass is 10.2. The Hall–Kier alpha value is -1.73. The van der Waals surface area contributed by atoms with Gasteiger partial charge in [-0.2, -0.15) is 4.72 Å². The molecule has 1 aromatic carbocycles. The Bertz CT molecular complexity index is 535. The molecule has 0 aliphatic carbocycles. The predicted octanol–water partition coefficient (Wildman–Crippen LogP) is 0.339. The maximum absolute atomic E-state index is 11.9. The van der Waals surface area contributed by atoms with Gasteiger partial charge in [0.1, 0.15) is 12.3 Å². The van der Waals surface area contributed by atoms with E-state index in [0.717, 1.165) is 0 Å². The Labute approximate surface area is 105 Å². The molecule has 6 nitrogen and oxygen atoms in total. The lowest BCUT2D eigenvalue weighted by Gasteiger charge is -2.12. The Morgan fingerprint density at radius 1 is 1.33 bits per heavy atom. The molecule has 0 fully saturated rings. The van der Waals surface area contributed by atoms with Crippen LogP contribution in [0.1, 0.15) is 17.3 Å². The highest BCUT2D eigenvalue weighted by atomic mass is 32.2. The average molecular weight is 271 g/mol. The summed E-state index contributed by atoms with van der Waals surface area (Å²) in [6.45, 7) is 1.38. The van der Waals surface area contributed by atoms with Crippen LogP contribution >= 0.6 is 0 Å². The first-order valence-electron chi connectivity index (χ1n) is 5.06. The van der Waals surface area contributed by atoms with Crippen LogP contribution < -0.4 is 4.72 Å². The van der Waals surface area contributed by atoms with Gasteiger partial charge in [-0.25, -0.2) is 8.42 Å². The third kappa shape index (κ3) is 3.38. The number of methoxy groups -OCH3 is 1. The number of carbonyl (C=O) groups is 2. The summed E-state index contributed by atoms with van der Waals surface area (Å²) in [7, 11) is -2.63. The molecule has 0 aliphatic rings. The van der Waals surface area contributed by atoms with E-state index >= 15 is 0 Å². The largest absolute Gasteiger partial charge is 0.468 e. The minimum absolute atomic E-state index is 0.0242. The van der Waals surface area contributed by atoms with Crippen LogP contribution in [-0.4, -0.2) is 33.8 Å². The first-order valence-corrected chi connectivity index (χ1v) is 6.54. The molecule has 1 atom stereocenters. The molecule has 0 spiro atoms. The number of sulfonamides is 1. The zero-order chi connectivity index (χ0) is 13.8. The van der Waals surface area contributed by atoms with Gasteiger partial charge >= 0.3 is 5.97 Å². The van der Waals surface area contributed by atoms with Crippen LogP contribution in [0.25, 0.3) is 0 Å². The van der Waals surface area contributed by atoms with Crippen LogP contribution in [0, 0.1) is 0 Å². The average Bonchev–Trinajstić information content (AvgIpc) is 2.37. The van der Waals surface area contributed by atoms with Gasteiger partial charge in [-0.05, 0) is 19.1 Å². The van der Waals surface area contributed by atoms with Crippen molar-refractivity contribution in [3.63, 3.8) is 0 Å². The van der Waals surface area contributed by atoms with E-state index in [1.807, 2.05) is 0 Å². The normalized spacial score (nSPS) is 12.8. The fraction of sp³-hybridized carbons (Fsp3) is 0.273. The summed E-state index contributed by atoms with van der Waals surface area (Å²) >= 11 is 0. The molecule has 0 aromatic heterocycles. The molecule has 0 amide bonds. The smallest absolute Gasteiger partial charge is 0.323 e. The number of aldehydes is 1. The molecular formula is C11H13NO5S. The van der Waals surface area contributed by atoms with Crippen molar-refractivity contribution >= 4 is 22.3 Å². The third-order valence-electron chi connectivity index (χ3n) is 2.21. The number of hydrogen-bond acceptors (Lipinski definition) is 5. The second-order valence-electron chi connectivity index (χ2n) is 3.55. The quantitative estimate of drug-likeness (QED) is 0.616. The van der Waals surface area contributed by atoms with Gasteiger partial charge < -0.3 is 4.74 Å². The molecule has 18 heavy (non-hydrogen) atoms. The predicted molar refractivity (Wildman–Crippen MR) is 63.6 cm³/mol. The van der Waals surface area contributed by atoms with Crippen LogP contribution in [0.4, 0.5) is 0 Å². The lowest BCUT2D eigenvalue weighted by molar-refractivity contribution is -0.142. The Morgan fingerprint density at radius 3 is 2.33 bits per heavy atom. The number of nitrogens with one attached hydrogen (secondary N) is 1. The van der Waals surface area contributed by atoms with Crippen molar-refractivity contribution < 1.29 is 22.7 Å². The van der Waals surface area contributed by atoms with Crippen molar-refractivity contribution in [3.8, 4) is 0 Å². The van der Waals surface area contributed by atoms with Gasteiger partial charge in [-0.15, -0.1) is 0 Å². The zero-order valence-corrected chi connectivity index (χ0v) is 10.7. The van der Waals surface area contributed by atoms with E-state index in [-0.39, 0.29) is 4.90 Å². The summed E-state index contributed by atoms with van der Waals surface area (Å²) in [5.41, 5.74) is 0.370. The highest BCUT2D eigenvalue weighted by molar-refractivity contribution is 7.89. The highest BCUT2D eigenvalue weighted by Crippen LogP contribution is 2.10. The van der Waals surface area contributed by atoms with Crippen molar-refractivity contribution in [2.45, 2.75) is 17.9 Å². The summed E-state index contributed by atoms with van der Waals surface area (Å²) in [6, 6.07) is 4.35. The number of benzene rings is 1. The van der Waals surface area contributed by atoms with E-state index in [9.17, 15) is 18.0 Å². The van der Waals surface area contributed by atoms with E-state index in [2.05, 4.69) is 9.46 Å². The number of carbonyl (C=O) groups excluding carboxylic acids is 2. The summed E-state index contributed by atoms with van der Waals surface area (Å²) in [5.74, 6) is -0.678. The third-order valence-corrected chi connectivity index (χ3v) is 3.77. The second kappa shape index (κ2) is 5.74. The van der Waals surface area contributed by atoms with Gasteiger partial charge in [0.05, 0.1) is 12.0 Å². The van der Waals surface area contributed by atoms with Gasteiger partial charge in [0.25, 0.3) is 0 Å². The zero-order valence-electron chi connectivity index (χ0n) is 9.91. The van der Waals surface area contributed by atoms with E-state index in [1.54, 1.807) is 0 Å². The molecule has 0 bridgehead atoms. The van der Waals surface area contributed by atoms with Crippen molar-refractivity contribution in [3.05, 3.63) is 29.8 Å². The Kier molecular flexibility index (Phi) is 4.57. The number of ether oxygens (including phenoxy) is 1. The number of hydrogen-bond donors (Lipinski definition) is 1. The Balaban J connectivity index is 2.92. The first kappa shape index (κ1) is 14.3. The molecule has 0 unspecified atom stereocenters. The maximum atomic E-state index is 11.9. The van der Waals surface area contributed by atoms with Gasteiger partial charge in [0.2, 0.25) is 10.0 Å². The van der Waals surface area contributed by atoms with E-state index < -0.39 is 22.0 Å². The molecule has 0 saturated heterocycles. The topological polar surface area (TPSA) is 89.5 Å². The molecule has 1 rings (SSSR count). The van der Waals surface area contributed by atoms with Crippen molar-refractivity contribution in [2.75, 3.05) is 7.11 Å². The van der Waals surface area contributed by atoms with Crippen molar-refractivity contribution in [2.24, 2.45) is 0 Å². The van der Waals surface area contributed by atoms with Crippen LogP contribution in [-0.2, 0) is 19.6 Å². The summed E-state index contributed by atoms with van der Waals surface area (Å²) in [5, 5.41) is 0. The highest BCUT2D eigenvalue weighted by Gasteiger charge is 2.22. The van der Waals surface area contributed by atoms with Gasteiger partial charge in [-0.1, -0.05) is 12.1 Å². The molecule has 0 aliphatic heterocycles. The molecule has 0 radical (unpaired) electrons. The maximum Gasteiger partial charge on any atom is 0.323 e. The minimum atomic E-state index is -3.81. The molecule has 7 heteroatoms. The minimum Gasteiger partial charge on any atom is -0.468 e. The van der Waals surface area contributed by atoms with Gasteiger partial charge in [0, 0.05) is 5.56 Å². The van der Waals surface area contributed by atoms with Crippen LogP contribution in [0.15, 0.2) is 29.2 Å². The fourth-order valence-corrected chi connectivity index (χ4v) is 2.44. The van der Waals surface area contributed by atoms with Crippen LogP contribution in [0.5, 0.6) is 0 Å². The van der Waals surface area contributed by atoms with Crippen LogP contribution in [0.2, 0.25) is 0 Å². The fourth-order valence-electron chi connectivity index (χ4n) is 1.25. The standard InChI is InChI=1S/C11H13NO5S/c1-8(11(14)17-2)12-18(15,16)10-5-3-9(7-13)4-6-10/h3-8,12H,1-2H3/t8-/m1/s1. The first-order chi connectivity index (χ1) is 8.40. The van der Waals surface area contributed by atoms with Crippen LogP contribution in [0.3, 0.4) is 0 Å². The Morgan fingerprint density at radius 2 is 1.89 bits per heavy atom. The molecule has 0 heterocycles. The van der Waals surface area contributed by atoms with Gasteiger partial charge in [-0.3, -0.25) is 9.59 Å². The SMILES string of the molecule is COC(=O)[C@@H](C)NS(=O)(=O)c1ccc(C=O)cc1. The summed E-state index contributed by atoms with van der Waals surface area (Å²) in [6.07, 6.45) is 0.612. The molecule has 98 valence electrons.